The average molecular weight is 383 g/mol. The van der Waals surface area contributed by atoms with Crippen LogP contribution >= 0.6 is 0 Å². The van der Waals surface area contributed by atoms with Gasteiger partial charge in [-0.15, -0.1) is 0 Å². The van der Waals surface area contributed by atoms with E-state index in [4.69, 9.17) is 4.74 Å². The SMILES string of the molecule is COc1cccc(C2CCN(c3cc(N4CCCC(CO)C4)ncn3)CC2)c1. The summed E-state index contributed by atoms with van der Waals surface area (Å²) in [6.45, 7) is 4.14. The van der Waals surface area contributed by atoms with Gasteiger partial charge in [-0.05, 0) is 55.2 Å². The van der Waals surface area contributed by atoms with Gasteiger partial charge in [0.15, 0.2) is 0 Å². The van der Waals surface area contributed by atoms with Crippen LogP contribution in [-0.2, 0) is 0 Å². The molecule has 0 saturated carbocycles. The monoisotopic (exact) mass is 382 g/mol. The topological polar surface area (TPSA) is 61.7 Å². The lowest BCUT2D eigenvalue weighted by molar-refractivity contribution is 0.208. The first-order chi connectivity index (χ1) is 13.8. The number of rotatable bonds is 5. The van der Waals surface area contributed by atoms with Crippen LogP contribution in [0.15, 0.2) is 36.7 Å². The number of aromatic nitrogens is 2. The minimum Gasteiger partial charge on any atom is -0.497 e. The molecule has 0 aliphatic carbocycles. The molecule has 1 aromatic carbocycles. The zero-order valence-electron chi connectivity index (χ0n) is 16.6. The number of hydrogen-bond acceptors (Lipinski definition) is 6. The van der Waals surface area contributed by atoms with E-state index in [0.29, 0.717) is 11.8 Å². The summed E-state index contributed by atoms with van der Waals surface area (Å²) in [5.74, 6) is 3.85. The van der Waals surface area contributed by atoms with E-state index in [2.05, 4.69) is 44.0 Å². The predicted molar refractivity (Wildman–Crippen MR) is 111 cm³/mol. The van der Waals surface area contributed by atoms with Crippen molar-refractivity contribution in [1.82, 2.24) is 9.97 Å². The van der Waals surface area contributed by atoms with Gasteiger partial charge in [0, 0.05) is 38.9 Å². The van der Waals surface area contributed by atoms with Gasteiger partial charge in [0.1, 0.15) is 23.7 Å². The number of aliphatic hydroxyl groups excluding tert-OH is 1. The number of anilines is 2. The van der Waals surface area contributed by atoms with Crippen LogP contribution in [-0.4, -0.2) is 55.0 Å². The first-order valence-electron chi connectivity index (χ1n) is 10.3. The van der Waals surface area contributed by atoms with Gasteiger partial charge in [-0.1, -0.05) is 12.1 Å². The van der Waals surface area contributed by atoms with Gasteiger partial charge >= 0.3 is 0 Å². The number of nitrogens with zero attached hydrogens (tertiary/aromatic N) is 4. The summed E-state index contributed by atoms with van der Waals surface area (Å²) in [5, 5.41) is 9.49. The van der Waals surface area contributed by atoms with Crippen LogP contribution in [0.2, 0.25) is 0 Å². The van der Waals surface area contributed by atoms with Crippen LogP contribution in [0.3, 0.4) is 0 Å². The first kappa shape index (κ1) is 19.0. The molecule has 6 nitrogen and oxygen atoms in total. The first-order valence-corrected chi connectivity index (χ1v) is 10.3. The maximum Gasteiger partial charge on any atom is 0.134 e. The smallest absolute Gasteiger partial charge is 0.134 e. The predicted octanol–water partition coefficient (Wildman–Crippen LogP) is 3.08. The summed E-state index contributed by atoms with van der Waals surface area (Å²) in [6, 6.07) is 10.6. The molecule has 1 unspecified atom stereocenters. The molecule has 2 fully saturated rings. The van der Waals surface area contributed by atoms with Gasteiger partial charge in [0.2, 0.25) is 0 Å². The fraction of sp³-hybridized carbons (Fsp3) is 0.545. The third-order valence-electron chi connectivity index (χ3n) is 6.12. The highest BCUT2D eigenvalue weighted by Crippen LogP contribution is 2.32. The van der Waals surface area contributed by atoms with Crippen LogP contribution in [0, 0.1) is 5.92 Å². The molecule has 2 aliphatic heterocycles. The minimum atomic E-state index is 0.256. The lowest BCUT2D eigenvalue weighted by atomic mass is 9.89. The lowest BCUT2D eigenvalue weighted by Gasteiger charge is -2.35. The van der Waals surface area contributed by atoms with E-state index in [9.17, 15) is 5.11 Å². The standard InChI is InChI=1S/C22H30N4O2/c1-28-20-6-2-5-19(12-20)18-7-10-25(11-8-18)21-13-22(24-16-23-21)26-9-3-4-17(14-26)15-27/h2,5-6,12-13,16-18,27H,3-4,7-11,14-15H2,1H3. The number of piperidine rings is 2. The fourth-order valence-electron chi connectivity index (χ4n) is 4.44. The van der Waals surface area contributed by atoms with Gasteiger partial charge in [-0.3, -0.25) is 0 Å². The van der Waals surface area contributed by atoms with Crippen LogP contribution in [0.1, 0.15) is 37.2 Å². The summed E-state index contributed by atoms with van der Waals surface area (Å²) >= 11 is 0. The molecular weight excluding hydrogens is 352 g/mol. The lowest BCUT2D eigenvalue weighted by Crippen LogP contribution is -2.38. The summed E-state index contributed by atoms with van der Waals surface area (Å²) < 4.78 is 5.37. The molecule has 6 heteroatoms. The number of aliphatic hydroxyl groups is 1. The summed E-state index contributed by atoms with van der Waals surface area (Å²) in [4.78, 5) is 13.7. The third kappa shape index (κ3) is 4.22. The Balaban J connectivity index is 1.40. The van der Waals surface area contributed by atoms with Gasteiger partial charge in [0.05, 0.1) is 7.11 Å². The normalized spacial score (nSPS) is 21.0. The second-order valence-corrected chi connectivity index (χ2v) is 7.91. The van der Waals surface area contributed by atoms with E-state index in [1.54, 1.807) is 13.4 Å². The Morgan fingerprint density at radius 3 is 2.57 bits per heavy atom. The molecule has 1 atom stereocenters. The van der Waals surface area contributed by atoms with Crippen molar-refractivity contribution in [2.45, 2.75) is 31.6 Å². The van der Waals surface area contributed by atoms with Crippen molar-refractivity contribution in [3.8, 4) is 5.75 Å². The van der Waals surface area contributed by atoms with Crippen molar-refractivity contribution in [1.29, 1.82) is 0 Å². The maximum atomic E-state index is 9.49. The maximum absolute atomic E-state index is 9.49. The largest absolute Gasteiger partial charge is 0.497 e. The van der Waals surface area contributed by atoms with E-state index in [1.165, 1.54) is 5.56 Å². The minimum absolute atomic E-state index is 0.256. The van der Waals surface area contributed by atoms with Crippen LogP contribution in [0.4, 0.5) is 11.6 Å². The highest BCUT2D eigenvalue weighted by atomic mass is 16.5. The zero-order chi connectivity index (χ0) is 19.3. The Kier molecular flexibility index (Phi) is 5.95. The molecule has 0 bridgehead atoms. The van der Waals surface area contributed by atoms with Crippen molar-refractivity contribution in [2.75, 3.05) is 49.7 Å². The molecule has 150 valence electrons. The van der Waals surface area contributed by atoms with Gasteiger partial charge < -0.3 is 19.6 Å². The molecular formula is C22H30N4O2. The molecule has 2 saturated heterocycles. The Morgan fingerprint density at radius 1 is 1.04 bits per heavy atom. The van der Waals surface area contributed by atoms with Crippen molar-refractivity contribution in [3.63, 3.8) is 0 Å². The quantitative estimate of drug-likeness (QED) is 0.858. The van der Waals surface area contributed by atoms with E-state index in [1.807, 2.05) is 6.07 Å². The van der Waals surface area contributed by atoms with Crippen molar-refractivity contribution in [3.05, 3.63) is 42.2 Å². The Labute approximate surface area is 167 Å². The second kappa shape index (κ2) is 8.78. The molecule has 0 spiro atoms. The Bertz CT molecular complexity index is 777. The summed E-state index contributed by atoms with van der Waals surface area (Å²) in [5.41, 5.74) is 1.37. The van der Waals surface area contributed by atoms with Crippen molar-refractivity contribution >= 4 is 11.6 Å². The van der Waals surface area contributed by atoms with Gasteiger partial charge in [-0.25, -0.2) is 9.97 Å². The average Bonchev–Trinajstić information content (AvgIpc) is 2.79. The Hall–Kier alpha value is -2.34. The highest BCUT2D eigenvalue weighted by Gasteiger charge is 2.24. The van der Waals surface area contributed by atoms with Crippen molar-refractivity contribution < 1.29 is 9.84 Å². The number of hydrogen-bond donors (Lipinski definition) is 1. The summed E-state index contributed by atoms with van der Waals surface area (Å²) in [6.07, 6.45) is 6.12. The fourth-order valence-corrected chi connectivity index (χ4v) is 4.44. The van der Waals surface area contributed by atoms with Gasteiger partial charge in [0.25, 0.3) is 0 Å². The van der Waals surface area contributed by atoms with Crippen LogP contribution in [0.5, 0.6) is 5.75 Å². The van der Waals surface area contributed by atoms with Gasteiger partial charge in [-0.2, -0.15) is 0 Å². The van der Waals surface area contributed by atoms with Crippen LogP contribution in [0.25, 0.3) is 0 Å². The van der Waals surface area contributed by atoms with E-state index < -0.39 is 0 Å². The molecule has 2 aromatic rings. The summed E-state index contributed by atoms with van der Waals surface area (Å²) in [7, 11) is 1.72. The molecule has 2 aliphatic rings. The Morgan fingerprint density at radius 2 is 1.82 bits per heavy atom. The molecule has 1 aromatic heterocycles. The van der Waals surface area contributed by atoms with E-state index in [-0.39, 0.29) is 6.61 Å². The molecule has 3 heterocycles. The molecule has 28 heavy (non-hydrogen) atoms. The highest BCUT2D eigenvalue weighted by molar-refractivity contribution is 5.51. The van der Waals surface area contributed by atoms with Crippen molar-refractivity contribution in [2.24, 2.45) is 5.92 Å². The number of ether oxygens (including phenoxy) is 1. The zero-order valence-corrected chi connectivity index (χ0v) is 16.6. The molecule has 0 amide bonds. The number of methoxy groups -OCH3 is 1. The number of benzene rings is 1. The van der Waals surface area contributed by atoms with E-state index in [0.717, 1.165) is 69.2 Å². The second-order valence-electron chi connectivity index (χ2n) is 7.91. The molecule has 4 rings (SSSR count). The van der Waals surface area contributed by atoms with E-state index >= 15 is 0 Å². The molecule has 0 radical (unpaired) electrons. The third-order valence-corrected chi connectivity index (χ3v) is 6.12. The molecule has 1 N–H and O–H groups in total. The van der Waals surface area contributed by atoms with Crippen LogP contribution < -0.4 is 14.5 Å².